The molecule has 2 N–H and O–H groups in total. The zero-order valence-corrected chi connectivity index (χ0v) is 16.7. The Kier molecular flexibility index (Phi) is 6.96. The molecule has 1 saturated carbocycles. The minimum absolute atomic E-state index is 0.0162. The van der Waals surface area contributed by atoms with E-state index in [1.54, 1.807) is 25.7 Å². The van der Waals surface area contributed by atoms with E-state index in [0.717, 1.165) is 12.8 Å². The topological polar surface area (TPSA) is 107 Å². The molecule has 1 aliphatic rings. The van der Waals surface area contributed by atoms with Crippen LogP contribution in [0.3, 0.4) is 0 Å². The maximum absolute atomic E-state index is 12.5. The quantitative estimate of drug-likeness (QED) is 0.621. The van der Waals surface area contributed by atoms with E-state index < -0.39 is 22.0 Å². The lowest BCUT2D eigenvalue weighted by atomic mass is 10.2. The Morgan fingerprint density at radius 3 is 2.19 bits per heavy atom. The lowest BCUT2D eigenvalue weighted by Crippen LogP contribution is -2.44. The van der Waals surface area contributed by atoms with Crippen molar-refractivity contribution in [1.82, 2.24) is 9.21 Å². The van der Waals surface area contributed by atoms with Crippen LogP contribution in [0.4, 0.5) is 5.69 Å². The highest BCUT2D eigenvalue weighted by molar-refractivity contribution is 7.89. The molecule has 1 atom stereocenters. The molecule has 1 amide bonds. The van der Waals surface area contributed by atoms with E-state index in [2.05, 4.69) is 5.32 Å². The van der Waals surface area contributed by atoms with Crippen LogP contribution in [0.1, 0.15) is 33.6 Å². The van der Waals surface area contributed by atoms with Gasteiger partial charge >= 0.3 is 5.97 Å². The zero-order chi connectivity index (χ0) is 20.2. The number of anilines is 1. The Balaban J connectivity index is 2.03. The fourth-order valence-electron chi connectivity index (χ4n) is 2.92. The van der Waals surface area contributed by atoms with Crippen molar-refractivity contribution in [3.8, 4) is 0 Å². The van der Waals surface area contributed by atoms with Crippen molar-refractivity contribution in [3.05, 3.63) is 24.3 Å². The van der Waals surface area contributed by atoms with E-state index in [-0.39, 0.29) is 23.4 Å². The van der Waals surface area contributed by atoms with Crippen molar-refractivity contribution >= 4 is 27.6 Å². The Hall–Kier alpha value is -1.97. The Labute approximate surface area is 160 Å². The minimum atomic E-state index is -3.54. The number of rotatable bonds is 10. The lowest BCUT2D eigenvalue weighted by Gasteiger charge is -2.25. The first-order valence-electron chi connectivity index (χ1n) is 9.09. The number of amides is 1. The second-order valence-corrected chi connectivity index (χ2v) is 8.52. The molecule has 0 spiro atoms. The van der Waals surface area contributed by atoms with Crippen LogP contribution in [0, 0.1) is 0 Å². The second kappa shape index (κ2) is 8.81. The average Bonchev–Trinajstić information content (AvgIpc) is 3.45. The molecule has 1 fully saturated rings. The van der Waals surface area contributed by atoms with Crippen LogP contribution < -0.4 is 5.32 Å². The molecule has 0 aromatic heterocycles. The third kappa shape index (κ3) is 5.27. The standard InChI is InChI=1S/C18H27N3O5S/c1-4-20(5-2)27(25,26)16-10-6-14(7-11-16)19-17(22)12-21(15-8-9-15)13(3)18(23)24/h6-7,10-11,13,15H,4-5,8-9,12H2,1-3H3,(H,19,22)(H,23,24). The molecule has 27 heavy (non-hydrogen) atoms. The smallest absolute Gasteiger partial charge is 0.320 e. The van der Waals surface area contributed by atoms with Crippen molar-refractivity contribution in [2.24, 2.45) is 0 Å². The first-order valence-corrected chi connectivity index (χ1v) is 10.5. The van der Waals surface area contributed by atoms with Crippen molar-refractivity contribution in [2.75, 3.05) is 25.0 Å². The molecular weight excluding hydrogens is 370 g/mol. The molecule has 8 nitrogen and oxygen atoms in total. The van der Waals surface area contributed by atoms with Gasteiger partial charge in [-0.1, -0.05) is 13.8 Å². The van der Waals surface area contributed by atoms with E-state index in [1.165, 1.54) is 28.6 Å². The summed E-state index contributed by atoms with van der Waals surface area (Å²) in [4.78, 5) is 25.4. The van der Waals surface area contributed by atoms with Crippen LogP contribution in [0.5, 0.6) is 0 Å². The summed E-state index contributed by atoms with van der Waals surface area (Å²) >= 11 is 0. The number of carboxylic acids is 1. The van der Waals surface area contributed by atoms with Crippen LogP contribution in [-0.4, -0.2) is 66.3 Å². The fourth-order valence-corrected chi connectivity index (χ4v) is 4.38. The highest BCUT2D eigenvalue weighted by Crippen LogP contribution is 2.28. The molecule has 1 aromatic rings. The Morgan fingerprint density at radius 2 is 1.74 bits per heavy atom. The molecule has 1 unspecified atom stereocenters. The fraction of sp³-hybridized carbons (Fsp3) is 0.556. The van der Waals surface area contributed by atoms with Crippen molar-refractivity contribution < 1.29 is 23.1 Å². The molecule has 0 radical (unpaired) electrons. The van der Waals surface area contributed by atoms with Crippen LogP contribution in [-0.2, 0) is 19.6 Å². The van der Waals surface area contributed by atoms with Crippen LogP contribution in [0.2, 0.25) is 0 Å². The van der Waals surface area contributed by atoms with E-state index in [1.807, 2.05) is 0 Å². The summed E-state index contributed by atoms with van der Waals surface area (Å²) in [5, 5.41) is 11.9. The largest absolute Gasteiger partial charge is 0.480 e. The van der Waals surface area contributed by atoms with Gasteiger partial charge in [-0.3, -0.25) is 14.5 Å². The Morgan fingerprint density at radius 1 is 1.19 bits per heavy atom. The SMILES string of the molecule is CCN(CC)S(=O)(=O)c1ccc(NC(=O)CN(C2CC2)C(C)C(=O)O)cc1. The summed E-state index contributed by atoms with van der Waals surface area (Å²) in [7, 11) is -3.54. The number of hydrogen-bond donors (Lipinski definition) is 2. The van der Waals surface area contributed by atoms with Gasteiger partial charge in [-0.2, -0.15) is 4.31 Å². The minimum Gasteiger partial charge on any atom is -0.480 e. The van der Waals surface area contributed by atoms with Gasteiger partial charge < -0.3 is 10.4 Å². The van der Waals surface area contributed by atoms with Gasteiger partial charge in [-0.25, -0.2) is 8.42 Å². The molecule has 1 aliphatic carbocycles. The zero-order valence-electron chi connectivity index (χ0n) is 15.9. The van der Waals surface area contributed by atoms with Gasteiger partial charge in [-0.15, -0.1) is 0 Å². The number of benzene rings is 1. The summed E-state index contributed by atoms with van der Waals surface area (Å²) in [6, 6.07) is 5.39. The predicted molar refractivity (Wildman–Crippen MR) is 102 cm³/mol. The molecular formula is C18H27N3O5S. The number of carbonyl (C=O) groups is 2. The van der Waals surface area contributed by atoms with Crippen LogP contribution in [0.15, 0.2) is 29.2 Å². The maximum Gasteiger partial charge on any atom is 0.320 e. The molecule has 1 aromatic carbocycles. The molecule has 0 heterocycles. The first kappa shape index (κ1) is 21.3. The molecule has 2 rings (SSSR count). The van der Waals surface area contributed by atoms with Gasteiger partial charge in [0.2, 0.25) is 15.9 Å². The summed E-state index contributed by atoms with van der Waals surface area (Å²) in [5.41, 5.74) is 0.470. The number of carboxylic acid groups (broad SMARTS) is 1. The number of carbonyl (C=O) groups excluding carboxylic acids is 1. The summed E-state index contributed by atoms with van der Waals surface area (Å²) in [5.74, 6) is -1.28. The van der Waals surface area contributed by atoms with Gasteiger partial charge in [-0.05, 0) is 44.0 Å². The lowest BCUT2D eigenvalue weighted by molar-refractivity contribution is -0.143. The number of hydrogen-bond acceptors (Lipinski definition) is 5. The van der Waals surface area contributed by atoms with Gasteiger partial charge in [0, 0.05) is 24.8 Å². The van der Waals surface area contributed by atoms with Crippen LogP contribution >= 0.6 is 0 Å². The predicted octanol–water partition coefficient (Wildman–Crippen LogP) is 1.59. The van der Waals surface area contributed by atoms with Crippen molar-refractivity contribution in [2.45, 2.75) is 50.6 Å². The summed E-state index contributed by atoms with van der Waals surface area (Å²) in [6.07, 6.45) is 1.78. The summed E-state index contributed by atoms with van der Waals surface area (Å²) < 4.78 is 26.3. The van der Waals surface area contributed by atoms with Gasteiger partial charge in [0.15, 0.2) is 0 Å². The highest BCUT2D eigenvalue weighted by Gasteiger charge is 2.36. The van der Waals surface area contributed by atoms with Crippen LogP contribution in [0.25, 0.3) is 0 Å². The van der Waals surface area contributed by atoms with Crippen molar-refractivity contribution in [3.63, 3.8) is 0 Å². The van der Waals surface area contributed by atoms with Gasteiger partial charge in [0.05, 0.1) is 11.4 Å². The highest BCUT2D eigenvalue weighted by atomic mass is 32.2. The average molecular weight is 397 g/mol. The van der Waals surface area contributed by atoms with E-state index >= 15 is 0 Å². The van der Waals surface area contributed by atoms with E-state index in [4.69, 9.17) is 0 Å². The van der Waals surface area contributed by atoms with E-state index in [9.17, 15) is 23.1 Å². The molecule has 0 aliphatic heterocycles. The maximum atomic E-state index is 12.5. The van der Waals surface area contributed by atoms with Crippen molar-refractivity contribution in [1.29, 1.82) is 0 Å². The molecule has 150 valence electrons. The molecule has 0 bridgehead atoms. The third-order valence-electron chi connectivity index (χ3n) is 4.68. The third-order valence-corrected chi connectivity index (χ3v) is 6.74. The summed E-state index contributed by atoms with van der Waals surface area (Å²) in [6.45, 7) is 5.88. The number of nitrogens with zero attached hydrogens (tertiary/aromatic N) is 2. The molecule has 9 heteroatoms. The first-order chi connectivity index (χ1) is 12.7. The number of nitrogens with one attached hydrogen (secondary N) is 1. The second-order valence-electron chi connectivity index (χ2n) is 6.58. The van der Waals surface area contributed by atoms with Gasteiger partial charge in [0.1, 0.15) is 6.04 Å². The van der Waals surface area contributed by atoms with Gasteiger partial charge in [0.25, 0.3) is 0 Å². The molecule has 0 saturated heterocycles. The number of aliphatic carboxylic acids is 1. The monoisotopic (exact) mass is 397 g/mol. The van der Waals surface area contributed by atoms with E-state index in [0.29, 0.717) is 18.8 Å². The number of sulfonamides is 1. The Bertz CT molecular complexity index is 771. The normalized spacial score (nSPS) is 15.7.